The van der Waals surface area contributed by atoms with Gasteiger partial charge in [-0.25, -0.2) is 4.98 Å². The smallest absolute Gasteiger partial charge is 0.311 e. The molecule has 1 fully saturated rings. The van der Waals surface area contributed by atoms with Crippen molar-refractivity contribution in [3.63, 3.8) is 0 Å². The van der Waals surface area contributed by atoms with Crippen LogP contribution in [0.4, 0.5) is 5.13 Å². The Morgan fingerprint density at radius 1 is 1.31 bits per heavy atom. The molecule has 1 atom stereocenters. The van der Waals surface area contributed by atoms with Gasteiger partial charge in [0.25, 0.3) is 5.91 Å². The summed E-state index contributed by atoms with van der Waals surface area (Å²) in [5.41, 5.74) is 0.464. The lowest BCUT2D eigenvalue weighted by molar-refractivity contribution is -0.142. The number of rotatable bonds is 8. The molecule has 1 aromatic heterocycles. The molecule has 1 aliphatic carbocycles. The number of hydrogen-bond donors (Lipinski definition) is 1. The Balaban J connectivity index is 1.57. The number of carbonyl (C=O) groups is 2. The van der Waals surface area contributed by atoms with Crippen molar-refractivity contribution in [3.8, 4) is 5.75 Å². The maximum Gasteiger partial charge on any atom is 0.311 e. The van der Waals surface area contributed by atoms with Crippen LogP contribution in [0.1, 0.15) is 44.4 Å². The molecule has 1 heterocycles. The van der Waals surface area contributed by atoms with Gasteiger partial charge < -0.3 is 9.47 Å². The Labute approximate surface area is 183 Å². The fraction of sp³-hybridized carbons (Fsp3) is 0.450. The maximum atomic E-state index is 12.6. The summed E-state index contributed by atoms with van der Waals surface area (Å²) in [6.07, 6.45) is 0.801. The third-order valence-electron chi connectivity index (χ3n) is 4.43. The summed E-state index contributed by atoms with van der Waals surface area (Å²) in [5.74, 6) is -0.00720. The van der Waals surface area contributed by atoms with Crippen molar-refractivity contribution >= 4 is 51.5 Å². The average Bonchev–Trinajstić information content (AvgIpc) is 3.06. The normalized spacial score (nSPS) is 17.5. The van der Waals surface area contributed by atoms with Crippen LogP contribution >= 0.6 is 34.5 Å². The minimum absolute atomic E-state index is 0.0688. The first-order valence-corrected chi connectivity index (χ1v) is 10.8. The van der Waals surface area contributed by atoms with Gasteiger partial charge in [-0.1, -0.05) is 12.1 Å². The van der Waals surface area contributed by atoms with E-state index >= 15 is 0 Å². The largest absolute Gasteiger partial charge is 0.478 e. The van der Waals surface area contributed by atoms with Crippen molar-refractivity contribution < 1.29 is 19.1 Å². The number of alkyl halides is 2. The Kier molecular flexibility index (Phi) is 6.41. The molecule has 1 amide bonds. The van der Waals surface area contributed by atoms with Crippen molar-refractivity contribution in [2.45, 2.75) is 49.5 Å². The van der Waals surface area contributed by atoms with Crippen LogP contribution < -0.4 is 10.1 Å². The number of nitrogens with one attached hydrogen (secondary N) is 1. The number of carbonyl (C=O) groups excluding carboxylic acids is 2. The highest BCUT2D eigenvalue weighted by molar-refractivity contribution is 7.14. The molecule has 0 spiro atoms. The van der Waals surface area contributed by atoms with E-state index in [9.17, 15) is 9.59 Å². The van der Waals surface area contributed by atoms with Crippen LogP contribution in [-0.2, 0) is 20.7 Å². The molecule has 1 saturated carbocycles. The molecule has 0 saturated heterocycles. The van der Waals surface area contributed by atoms with E-state index in [0.717, 1.165) is 12.0 Å². The molecule has 0 radical (unpaired) electrons. The van der Waals surface area contributed by atoms with E-state index in [1.165, 1.54) is 11.3 Å². The highest BCUT2D eigenvalue weighted by Crippen LogP contribution is 2.59. The SMILES string of the molecule is CCOC(=O)Cc1csc(NC(=O)C(C)(C)Oc2ccc([C@@H]3CC3(Cl)Cl)cc2)n1. The van der Waals surface area contributed by atoms with Gasteiger partial charge in [-0.05, 0) is 44.9 Å². The van der Waals surface area contributed by atoms with E-state index in [-0.39, 0.29) is 24.2 Å². The molecule has 0 aliphatic heterocycles. The van der Waals surface area contributed by atoms with Crippen molar-refractivity contribution in [3.05, 3.63) is 40.9 Å². The number of aromatic nitrogens is 1. The standard InChI is InChI=1S/C20H22Cl2N2O4S/c1-4-27-16(25)9-13-11-29-18(23-13)24-17(26)19(2,3)28-14-7-5-12(6-8-14)15-10-20(15,21)22/h5-8,11,15H,4,9-10H2,1-3H3,(H,23,24,26)/t15-/m0/s1. The molecule has 1 aromatic carbocycles. The highest BCUT2D eigenvalue weighted by atomic mass is 35.5. The van der Waals surface area contributed by atoms with E-state index < -0.39 is 9.93 Å². The van der Waals surface area contributed by atoms with Crippen LogP contribution in [0.15, 0.2) is 29.6 Å². The summed E-state index contributed by atoms with van der Waals surface area (Å²) in [5, 5.41) is 4.85. The molecule has 3 rings (SSSR count). The Hall–Kier alpha value is -1.83. The lowest BCUT2D eigenvalue weighted by atomic mass is 10.1. The van der Waals surface area contributed by atoms with Gasteiger partial charge in [0.15, 0.2) is 10.7 Å². The van der Waals surface area contributed by atoms with Crippen LogP contribution in [0.25, 0.3) is 0 Å². The molecule has 1 N–H and O–H groups in total. The predicted molar refractivity (Wildman–Crippen MR) is 114 cm³/mol. The molecular weight excluding hydrogens is 435 g/mol. The van der Waals surface area contributed by atoms with Gasteiger partial charge in [0.05, 0.1) is 18.7 Å². The number of esters is 1. The van der Waals surface area contributed by atoms with Crippen LogP contribution in [-0.4, -0.2) is 33.4 Å². The minimum atomic E-state index is -1.13. The number of amides is 1. The number of nitrogens with zero attached hydrogens (tertiary/aromatic N) is 1. The van der Waals surface area contributed by atoms with Crippen LogP contribution in [0.2, 0.25) is 0 Å². The number of halogens is 2. The fourth-order valence-electron chi connectivity index (χ4n) is 2.74. The predicted octanol–water partition coefficient (Wildman–Crippen LogP) is 4.71. The summed E-state index contributed by atoms with van der Waals surface area (Å²) in [7, 11) is 0. The molecule has 2 aromatic rings. The Bertz CT molecular complexity index is 896. The average molecular weight is 457 g/mol. The number of thiazole rings is 1. The molecule has 156 valence electrons. The van der Waals surface area contributed by atoms with E-state index in [1.807, 2.05) is 12.1 Å². The molecular formula is C20H22Cl2N2O4S. The van der Waals surface area contributed by atoms with Crippen molar-refractivity contribution in [2.24, 2.45) is 0 Å². The van der Waals surface area contributed by atoms with Gasteiger partial charge in [-0.3, -0.25) is 14.9 Å². The Morgan fingerprint density at radius 3 is 2.55 bits per heavy atom. The van der Waals surface area contributed by atoms with Crippen molar-refractivity contribution in [2.75, 3.05) is 11.9 Å². The number of benzene rings is 1. The molecule has 0 bridgehead atoms. The lowest BCUT2D eigenvalue weighted by Crippen LogP contribution is -2.42. The number of anilines is 1. The van der Waals surface area contributed by atoms with E-state index in [1.54, 1.807) is 38.3 Å². The first-order chi connectivity index (χ1) is 13.6. The van der Waals surface area contributed by atoms with Gasteiger partial charge in [0.1, 0.15) is 10.1 Å². The van der Waals surface area contributed by atoms with Gasteiger partial charge >= 0.3 is 5.97 Å². The summed E-state index contributed by atoms with van der Waals surface area (Å²) in [6.45, 7) is 5.41. The zero-order valence-electron chi connectivity index (χ0n) is 16.3. The summed E-state index contributed by atoms with van der Waals surface area (Å²) in [6, 6.07) is 7.41. The maximum absolute atomic E-state index is 12.6. The quantitative estimate of drug-likeness (QED) is 0.459. The van der Waals surface area contributed by atoms with Gasteiger partial charge in [-0.2, -0.15) is 0 Å². The van der Waals surface area contributed by atoms with Crippen LogP contribution in [0.3, 0.4) is 0 Å². The topological polar surface area (TPSA) is 77.5 Å². The molecule has 9 heteroatoms. The monoisotopic (exact) mass is 456 g/mol. The zero-order chi connectivity index (χ0) is 21.2. The molecule has 6 nitrogen and oxygen atoms in total. The Morgan fingerprint density at radius 2 is 1.97 bits per heavy atom. The van der Waals surface area contributed by atoms with E-state index in [2.05, 4.69) is 10.3 Å². The van der Waals surface area contributed by atoms with E-state index in [0.29, 0.717) is 23.2 Å². The number of ether oxygens (including phenoxy) is 2. The summed E-state index contributed by atoms with van der Waals surface area (Å²) >= 11 is 13.4. The first-order valence-electron chi connectivity index (χ1n) is 9.19. The summed E-state index contributed by atoms with van der Waals surface area (Å²) < 4.78 is 10.1. The zero-order valence-corrected chi connectivity index (χ0v) is 18.7. The van der Waals surface area contributed by atoms with Gasteiger partial charge in [-0.15, -0.1) is 34.5 Å². The second-order valence-corrected chi connectivity index (χ2v) is 9.68. The van der Waals surface area contributed by atoms with Gasteiger partial charge in [0, 0.05) is 11.3 Å². The highest BCUT2D eigenvalue weighted by Gasteiger charge is 2.52. The minimum Gasteiger partial charge on any atom is -0.478 e. The second kappa shape index (κ2) is 8.50. The van der Waals surface area contributed by atoms with Gasteiger partial charge in [0.2, 0.25) is 0 Å². The third kappa shape index (κ3) is 5.62. The van der Waals surface area contributed by atoms with Crippen molar-refractivity contribution in [1.29, 1.82) is 0 Å². The first kappa shape index (κ1) is 21.9. The van der Waals surface area contributed by atoms with E-state index in [4.69, 9.17) is 32.7 Å². The number of hydrogen-bond acceptors (Lipinski definition) is 6. The molecule has 29 heavy (non-hydrogen) atoms. The third-order valence-corrected chi connectivity index (χ3v) is 6.07. The van der Waals surface area contributed by atoms with Crippen LogP contribution in [0, 0.1) is 0 Å². The fourth-order valence-corrected chi connectivity index (χ4v) is 4.00. The summed E-state index contributed by atoms with van der Waals surface area (Å²) in [4.78, 5) is 28.4. The van der Waals surface area contributed by atoms with Crippen molar-refractivity contribution in [1.82, 2.24) is 4.98 Å². The lowest BCUT2D eigenvalue weighted by Gasteiger charge is -2.24. The molecule has 1 aliphatic rings. The molecule has 0 unspecified atom stereocenters. The second-order valence-electron chi connectivity index (χ2n) is 7.28. The van der Waals surface area contributed by atoms with Crippen LogP contribution in [0.5, 0.6) is 5.75 Å².